The van der Waals surface area contributed by atoms with Crippen molar-refractivity contribution in [2.75, 3.05) is 18.5 Å². The van der Waals surface area contributed by atoms with E-state index in [9.17, 15) is 0 Å². The average Bonchev–Trinajstić information content (AvgIpc) is 2.64. The highest BCUT2D eigenvalue weighted by molar-refractivity contribution is 5.40. The maximum absolute atomic E-state index is 4.79. The lowest BCUT2D eigenvalue weighted by Gasteiger charge is -2.30. The summed E-state index contributed by atoms with van der Waals surface area (Å²) < 4.78 is 0. The lowest BCUT2D eigenvalue weighted by Crippen LogP contribution is -2.35. The minimum atomic E-state index is 0.671. The van der Waals surface area contributed by atoms with Gasteiger partial charge in [0, 0.05) is 19.1 Å². The molecule has 1 aromatic heterocycles. The first-order chi connectivity index (χ1) is 8.85. The molecule has 1 saturated heterocycles. The second kappa shape index (κ2) is 6.74. The molecule has 0 bridgehead atoms. The van der Waals surface area contributed by atoms with E-state index in [-0.39, 0.29) is 0 Å². The smallest absolute Gasteiger partial charge is 0.129 e. The van der Waals surface area contributed by atoms with E-state index >= 15 is 0 Å². The lowest BCUT2D eigenvalue weighted by molar-refractivity contribution is 0.551. The van der Waals surface area contributed by atoms with Crippen LogP contribution in [0.15, 0.2) is 18.2 Å². The molecule has 1 aliphatic heterocycles. The van der Waals surface area contributed by atoms with E-state index in [1.807, 2.05) is 7.05 Å². The molecule has 100 valence electrons. The standard InChI is InChI=1S/C15H25N3/c1-3-14-9-5-4-6-11-18(14)15-10-7-8-13(17-15)12-16-2/h7-8,10,14,16H,3-6,9,11-12H2,1-2H3. The number of hydrogen-bond donors (Lipinski definition) is 1. The third-order valence-corrected chi connectivity index (χ3v) is 3.79. The van der Waals surface area contributed by atoms with Gasteiger partial charge in [-0.1, -0.05) is 25.8 Å². The van der Waals surface area contributed by atoms with Gasteiger partial charge in [-0.25, -0.2) is 4.98 Å². The van der Waals surface area contributed by atoms with Gasteiger partial charge in [0.05, 0.1) is 5.69 Å². The summed E-state index contributed by atoms with van der Waals surface area (Å²) in [5.74, 6) is 1.16. The van der Waals surface area contributed by atoms with Crippen molar-refractivity contribution in [3.05, 3.63) is 23.9 Å². The Kier molecular flexibility index (Phi) is 5.00. The van der Waals surface area contributed by atoms with E-state index in [4.69, 9.17) is 4.98 Å². The van der Waals surface area contributed by atoms with Crippen molar-refractivity contribution in [3.8, 4) is 0 Å². The van der Waals surface area contributed by atoms with Crippen LogP contribution in [0.2, 0.25) is 0 Å². The molecule has 3 nitrogen and oxygen atoms in total. The molecular weight excluding hydrogens is 222 g/mol. The molecule has 18 heavy (non-hydrogen) atoms. The Bertz CT molecular complexity index is 365. The van der Waals surface area contributed by atoms with E-state index < -0.39 is 0 Å². The normalized spacial score (nSPS) is 20.8. The van der Waals surface area contributed by atoms with E-state index in [1.165, 1.54) is 32.1 Å². The fourth-order valence-corrected chi connectivity index (χ4v) is 2.81. The predicted octanol–water partition coefficient (Wildman–Crippen LogP) is 2.96. The fourth-order valence-electron chi connectivity index (χ4n) is 2.81. The third-order valence-electron chi connectivity index (χ3n) is 3.79. The second-order valence-electron chi connectivity index (χ2n) is 5.12. The molecule has 1 aliphatic rings. The van der Waals surface area contributed by atoms with Gasteiger partial charge in [-0.05, 0) is 38.4 Å². The Hall–Kier alpha value is -1.09. The van der Waals surface area contributed by atoms with Gasteiger partial charge in [0.25, 0.3) is 0 Å². The molecular formula is C15H25N3. The lowest BCUT2D eigenvalue weighted by atomic mass is 10.1. The van der Waals surface area contributed by atoms with Crippen LogP contribution in [0.1, 0.15) is 44.7 Å². The van der Waals surface area contributed by atoms with Crippen LogP contribution in [-0.2, 0) is 6.54 Å². The van der Waals surface area contributed by atoms with E-state index in [0.717, 1.165) is 24.6 Å². The summed E-state index contributed by atoms with van der Waals surface area (Å²) in [6.45, 7) is 4.30. The second-order valence-corrected chi connectivity index (χ2v) is 5.12. The third kappa shape index (κ3) is 3.22. The van der Waals surface area contributed by atoms with Crippen LogP contribution in [0.25, 0.3) is 0 Å². The maximum Gasteiger partial charge on any atom is 0.129 e. The highest BCUT2D eigenvalue weighted by Crippen LogP contribution is 2.24. The van der Waals surface area contributed by atoms with Gasteiger partial charge < -0.3 is 10.2 Å². The Morgan fingerprint density at radius 2 is 2.22 bits per heavy atom. The predicted molar refractivity (Wildman–Crippen MR) is 76.9 cm³/mol. The minimum absolute atomic E-state index is 0.671. The van der Waals surface area contributed by atoms with E-state index in [1.54, 1.807) is 0 Å². The molecule has 2 rings (SSSR count). The summed E-state index contributed by atoms with van der Waals surface area (Å²) >= 11 is 0. The summed E-state index contributed by atoms with van der Waals surface area (Å²) in [6.07, 6.45) is 6.56. The zero-order valence-corrected chi connectivity index (χ0v) is 11.7. The van der Waals surface area contributed by atoms with Crippen LogP contribution in [-0.4, -0.2) is 24.6 Å². The average molecular weight is 247 g/mol. The molecule has 1 fully saturated rings. The highest BCUT2D eigenvalue weighted by Gasteiger charge is 2.20. The highest BCUT2D eigenvalue weighted by atomic mass is 15.2. The fraction of sp³-hybridized carbons (Fsp3) is 0.667. The SMILES string of the molecule is CCC1CCCCCN1c1cccc(CNC)n1. The van der Waals surface area contributed by atoms with Crippen LogP contribution >= 0.6 is 0 Å². The molecule has 0 spiro atoms. The first kappa shape index (κ1) is 13.3. The van der Waals surface area contributed by atoms with Crippen molar-refractivity contribution in [1.82, 2.24) is 10.3 Å². The molecule has 0 aliphatic carbocycles. The number of nitrogens with zero attached hydrogens (tertiary/aromatic N) is 2. The number of aromatic nitrogens is 1. The molecule has 2 heterocycles. The van der Waals surface area contributed by atoms with Gasteiger partial charge in [-0.2, -0.15) is 0 Å². The summed E-state index contributed by atoms with van der Waals surface area (Å²) in [7, 11) is 1.97. The minimum Gasteiger partial charge on any atom is -0.354 e. The molecule has 3 heteroatoms. The number of anilines is 1. The van der Waals surface area contributed by atoms with Crippen molar-refractivity contribution in [2.45, 2.75) is 51.6 Å². The summed E-state index contributed by atoms with van der Waals surface area (Å²) in [4.78, 5) is 7.31. The molecule has 1 atom stereocenters. The number of pyridine rings is 1. The van der Waals surface area contributed by atoms with Gasteiger partial charge in [0.15, 0.2) is 0 Å². The molecule has 0 aromatic carbocycles. The first-order valence-electron chi connectivity index (χ1n) is 7.22. The number of hydrogen-bond acceptors (Lipinski definition) is 3. The number of rotatable bonds is 4. The topological polar surface area (TPSA) is 28.2 Å². The maximum atomic E-state index is 4.79. The van der Waals surface area contributed by atoms with E-state index in [2.05, 4.69) is 35.3 Å². The zero-order valence-electron chi connectivity index (χ0n) is 11.7. The Morgan fingerprint density at radius 3 is 3.00 bits per heavy atom. The van der Waals surface area contributed by atoms with Crippen LogP contribution in [0.3, 0.4) is 0 Å². The van der Waals surface area contributed by atoms with Gasteiger partial charge in [-0.3, -0.25) is 0 Å². The van der Waals surface area contributed by atoms with Gasteiger partial charge in [-0.15, -0.1) is 0 Å². The van der Waals surface area contributed by atoms with Crippen LogP contribution in [0, 0.1) is 0 Å². The van der Waals surface area contributed by atoms with Gasteiger partial charge in [0.2, 0.25) is 0 Å². The summed E-state index contributed by atoms with van der Waals surface area (Å²) in [6, 6.07) is 7.06. The molecule has 1 aromatic rings. The Balaban J connectivity index is 2.18. The largest absolute Gasteiger partial charge is 0.354 e. The molecule has 0 amide bonds. The molecule has 0 saturated carbocycles. The van der Waals surface area contributed by atoms with Crippen molar-refractivity contribution >= 4 is 5.82 Å². The summed E-state index contributed by atoms with van der Waals surface area (Å²) in [5.41, 5.74) is 1.13. The molecule has 0 radical (unpaired) electrons. The monoisotopic (exact) mass is 247 g/mol. The van der Waals surface area contributed by atoms with Crippen LogP contribution < -0.4 is 10.2 Å². The number of nitrogens with one attached hydrogen (secondary N) is 1. The molecule has 1 N–H and O–H groups in total. The van der Waals surface area contributed by atoms with Crippen molar-refractivity contribution in [1.29, 1.82) is 0 Å². The zero-order chi connectivity index (χ0) is 12.8. The van der Waals surface area contributed by atoms with Crippen molar-refractivity contribution < 1.29 is 0 Å². The molecule has 1 unspecified atom stereocenters. The Labute approximate surface area is 111 Å². The van der Waals surface area contributed by atoms with Gasteiger partial charge in [0.1, 0.15) is 5.82 Å². The van der Waals surface area contributed by atoms with Crippen LogP contribution in [0.5, 0.6) is 0 Å². The van der Waals surface area contributed by atoms with Crippen molar-refractivity contribution in [3.63, 3.8) is 0 Å². The quantitative estimate of drug-likeness (QED) is 0.886. The van der Waals surface area contributed by atoms with E-state index in [0.29, 0.717) is 6.04 Å². The first-order valence-corrected chi connectivity index (χ1v) is 7.22. The van der Waals surface area contributed by atoms with Crippen molar-refractivity contribution in [2.24, 2.45) is 0 Å². The van der Waals surface area contributed by atoms with Crippen LogP contribution in [0.4, 0.5) is 5.82 Å². The summed E-state index contributed by atoms with van der Waals surface area (Å²) in [5, 5.41) is 3.17. The van der Waals surface area contributed by atoms with Gasteiger partial charge >= 0.3 is 0 Å². The Morgan fingerprint density at radius 1 is 1.33 bits per heavy atom.